The fourth-order valence-electron chi connectivity index (χ4n) is 7.00. The van der Waals surface area contributed by atoms with Gasteiger partial charge in [0.2, 0.25) is 11.7 Å². The Labute approximate surface area is 326 Å². The van der Waals surface area contributed by atoms with Crippen molar-refractivity contribution < 1.29 is 33.1 Å². The summed E-state index contributed by atoms with van der Waals surface area (Å²) in [5.41, 5.74) is 6.78. The Kier molecular flexibility index (Phi) is 12.7. The minimum Gasteiger partial charge on any atom is -0.497 e. The highest BCUT2D eigenvalue weighted by Gasteiger charge is 2.54. The van der Waals surface area contributed by atoms with E-state index in [1.165, 1.54) is 6.33 Å². The summed E-state index contributed by atoms with van der Waals surface area (Å²) in [5, 5.41) is 22.2. The second-order valence-electron chi connectivity index (χ2n) is 13.9. The van der Waals surface area contributed by atoms with Gasteiger partial charge in [-0.1, -0.05) is 54.6 Å². The first-order chi connectivity index (χ1) is 26.9. The van der Waals surface area contributed by atoms with Crippen molar-refractivity contribution in [3.8, 4) is 17.6 Å². The third kappa shape index (κ3) is 8.28. The number of nitrogens with zero attached hydrogens (tertiary/aromatic N) is 5. The van der Waals surface area contributed by atoms with Crippen LogP contribution in [0.1, 0.15) is 63.5 Å². The predicted octanol–water partition coefficient (Wildman–Crippen LogP) is 6.00. The largest absolute Gasteiger partial charge is 0.497 e. The van der Waals surface area contributed by atoms with E-state index in [1.54, 1.807) is 18.8 Å². The first kappa shape index (κ1) is 40.7. The van der Waals surface area contributed by atoms with E-state index in [-0.39, 0.29) is 55.3 Å². The molecule has 1 saturated heterocycles. The van der Waals surface area contributed by atoms with E-state index in [2.05, 4.69) is 21.0 Å². The number of hydrogen-bond donors (Lipinski definition) is 3. The SMILES string of the molecule is COc1ccc(C(OC[C@H]2O[C@@H](n3cnc4c(=O)[nH]c(N)nc43)C[C@@]2(O)OP(OCCC#N)N(C(C)C)C(C)C)(c2ccccc2)c2ccc(OC)cc2)cc1. The number of aromatic amines is 1. The number of nitrogen functional groups attached to an aromatic ring is 1. The van der Waals surface area contributed by atoms with Gasteiger partial charge in [-0.25, -0.2) is 9.65 Å². The molecule has 0 saturated carbocycles. The van der Waals surface area contributed by atoms with Crippen molar-refractivity contribution >= 4 is 25.6 Å². The average Bonchev–Trinajstić information content (AvgIpc) is 3.76. The standard InChI is InChI=1S/C40H48N7O8P/c1-26(2)47(27(3)4)56(53-22-10-21-41)55-39(49)23-34(46-25-43-35-36(46)44-38(42)45-37(35)48)54-33(39)24-52-40(28-11-8-7-9-12-28,29-13-17-31(50-5)18-14-29)30-15-19-32(51-6)20-16-30/h7-9,11-20,25-27,33-34,49H,10,22-24H2,1-6H3,(H3,42,44,45,48)/t33-,34-,39-,56?/m1/s1. The molecule has 4 N–H and O–H groups in total. The van der Waals surface area contributed by atoms with Gasteiger partial charge in [0.05, 0.1) is 52.7 Å². The summed E-state index contributed by atoms with van der Waals surface area (Å²) in [5.74, 6) is -0.795. The summed E-state index contributed by atoms with van der Waals surface area (Å²) in [6.07, 6.45) is -0.654. The number of benzene rings is 3. The summed E-state index contributed by atoms with van der Waals surface area (Å²) in [4.78, 5) is 23.8. The van der Waals surface area contributed by atoms with Gasteiger partial charge in [-0.15, -0.1) is 0 Å². The number of rotatable bonds is 17. The van der Waals surface area contributed by atoms with Crippen LogP contribution in [-0.2, 0) is 24.1 Å². The molecule has 0 spiro atoms. The van der Waals surface area contributed by atoms with Gasteiger partial charge in [-0.05, 0) is 68.7 Å². The molecule has 15 nitrogen and oxygen atoms in total. The molecule has 1 unspecified atom stereocenters. The Morgan fingerprint density at radius 2 is 1.61 bits per heavy atom. The van der Waals surface area contributed by atoms with Crippen LogP contribution < -0.4 is 20.8 Å². The van der Waals surface area contributed by atoms with E-state index in [9.17, 15) is 15.2 Å². The number of hydrogen-bond acceptors (Lipinski definition) is 13. The smallest absolute Gasteiger partial charge is 0.280 e. The Morgan fingerprint density at radius 3 is 2.16 bits per heavy atom. The van der Waals surface area contributed by atoms with Gasteiger partial charge in [0, 0.05) is 12.1 Å². The number of anilines is 1. The van der Waals surface area contributed by atoms with E-state index in [0.717, 1.165) is 16.7 Å². The van der Waals surface area contributed by atoms with E-state index >= 15 is 0 Å². The second-order valence-corrected chi connectivity index (χ2v) is 15.2. The zero-order valence-electron chi connectivity index (χ0n) is 32.3. The molecule has 6 rings (SSSR count). The summed E-state index contributed by atoms with van der Waals surface area (Å²) < 4.78 is 41.4. The zero-order chi connectivity index (χ0) is 40.0. The number of fused-ring (bicyclic) bond motifs is 1. The quantitative estimate of drug-likeness (QED) is 0.0431. The van der Waals surface area contributed by atoms with E-state index in [0.29, 0.717) is 11.5 Å². The Hall–Kier alpha value is -4.91. The number of imidazole rings is 1. The van der Waals surface area contributed by atoms with E-state index < -0.39 is 37.8 Å². The number of H-pyrrole nitrogens is 1. The highest BCUT2D eigenvalue weighted by Crippen LogP contribution is 2.54. The Bertz CT molecular complexity index is 2100. The van der Waals surface area contributed by atoms with Crippen molar-refractivity contribution in [3.05, 3.63) is 112 Å². The van der Waals surface area contributed by atoms with Gasteiger partial charge in [0.15, 0.2) is 11.2 Å². The number of aromatic nitrogens is 4. The molecule has 1 fully saturated rings. The first-order valence-corrected chi connectivity index (χ1v) is 19.4. The second kappa shape index (κ2) is 17.5. The molecule has 1 aliphatic rings. The lowest BCUT2D eigenvalue weighted by Crippen LogP contribution is -2.47. The summed E-state index contributed by atoms with van der Waals surface area (Å²) in [6, 6.07) is 27.0. The van der Waals surface area contributed by atoms with Crippen molar-refractivity contribution in [1.82, 2.24) is 24.2 Å². The van der Waals surface area contributed by atoms with Crippen molar-refractivity contribution in [1.29, 1.82) is 5.26 Å². The number of ether oxygens (including phenoxy) is 4. The molecule has 5 aromatic rings. The molecule has 0 radical (unpaired) electrons. The Balaban J connectivity index is 1.47. The maximum absolute atomic E-state index is 12.8. The van der Waals surface area contributed by atoms with Gasteiger partial charge in [-0.3, -0.25) is 18.9 Å². The first-order valence-electron chi connectivity index (χ1n) is 18.3. The molecule has 4 atom stereocenters. The lowest BCUT2D eigenvalue weighted by atomic mass is 9.80. The van der Waals surface area contributed by atoms with E-state index in [4.69, 9.17) is 33.7 Å². The van der Waals surface area contributed by atoms with Crippen LogP contribution in [0, 0.1) is 11.3 Å². The third-order valence-corrected chi connectivity index (χ3v) is 11.8. The van der Waals surface area contributed by atoms with E-state index in [1.807, 2.05) is 111 Å². The Morgan fingerprint density at radius 1 is 1.02 bits per heavy atom. The molecule has 2 aromatic heterocycles. The molecule has 56 heavy (non-hydrogen) atoms. The minimum atomic E-state index is -2.03. The van der Waals surface area contributed by atoms with Gasteiger partial charge in [0.1, 0.15) is 29.4 Å². The number of nitrogens with one attached hydrogen (secondary N) is 1. The average molecular weight is 786 g/mol. The highest BCUT2D eigenvalue weighted by molar-refractivity contribution is 7.44. The van der Waals surface area contributed by atoms with Crippen LogP contribution in [0.25, 0.3) is 11.2 Å². The van der Waals surface area contributed by atoms with Crippen molar-refractivity contribution in [2.75, 3.05) is 33.2 Å². The van der Waals surface area contributed by atoms with Crippen LogP contribution in [0.15, 0.2) is 90.0 Å². The third-order valence-electron chi connectivity index (χ3n) is 9.58. The maximum Gasteiger partial charge on any atom is 0.280 e. The van der Waals surface area contributed by atoms with Crippen LogP contribution in [0.3, 0.4) is 0 Å². The van der Waals surface area contributed by atoms with Gasteiger partial charge >= 0.3 is 0 Å². The number of methoxy groups -OCH3 is 2. The summed E-state index contributed by atoms with van der Waals surface area (Å²) >= 11 is 0. The lowest BCUT2D eigenvalue weighted by molar-refractivity contribution is -0.201. The van der Waals surface area contributed by atoms with Gasteiger partial charge < -0.3 is 34.3 Å². The van der Waals surface area contributed by atoms with Gasteiger partial charge in [0.25, 0.3) is 14.1 Å². The van der Waals surface area contributed by atoms with Crippen LogP contribution in [0.4, 0.5) is 5.95 Å². The fraction of sp³-hybridized carbons (Fsp3) is 0.400. The number of nitrogens with two attached hydrogens (primary N) is 1. The zero-order valence-corrected chi connectivity index (χ0v) is 33.2. The molecule has 0 amide bonds. The molecule has 1 aliphatic heterocycles. The molecule has 0 bridgehead atoms. The van der Waals surface area contributed by atoms with Crippen LogP contribution in [-0.4, -0.2) is 80.7 Å². The lowest BCUT2D eigenvalue weighted by Gasteiger charge is -2.41. The van der Waals surface area contributed by atoms with Crippen molar-refractivity contribution in [2.45, 2.75) is 76.3 Å². The monoisotopic (exact) mass is 785 g/mol. The number of nitriles is 1. The summed E-state index contributed by atoms with van der Waals surface area (Å²) in [7, 11) is 1.26. The molecule has 16 heteroatoms. The van der Waals surface area contributed by atoms with Crippen molar-refractivity contribution in [2.24, 2.45) is 0 Å². The van der Waals surface area contributed by atoms with Crippen molar-refractivity contribution in [3.63, 3.8) is 0 Å². The predicted molar refractivity (Wildman–Crippen MR) is 211 cm³/mol. The molecule has 0 aliphatic carbocycles. The normalized spacial score (nSPS) is 19.2. The van der Waals surface area contributed by atoms with Gasteiger partial charge in [-0.2, -0.15) is 10.2 Å². The maximum atomic E-state index is 12.8. The molecule has 296 valence electrons. The number of aliphatic hydroxyl groups is 1. The molecular weight excluding hydrogens is 737 g/mol. The summed E-state index contributed by atoms with van der Waals surface area (Å²) in [6.45, 7) is 7.92. The van der Waals surface area contributed by atoms with Crippen LogP contribution >= 0.6 is 8.53 Å². The van der Waals surface area contributed by atoms with Crippen LogP contribution in [0.2, 0.25) is 0 Å². The fourth-order valence-corrected chi connectivity index (χ4v) is 8.75. The van der Waals surface area contributed by atoms with Crippen LogP contribution in [0.5, 0.6) is 11.5 Å². The topological polar surface area (TPSA) is 192 Å². The molecular formula is C40H48N7O8P. The molecule has 3 heterocycles. The minimum absolute atomic E-state index is 0.0491. The molecule has 3 aromatic carbocycles. The highest BCUT2D eigenvalue weighted by atomic mass is 31.2.